The van der Waals surface area contributed by atoms with Gasteiger partial charge in [0.15, 0.2) is 11.5 Å². The summed E-state index contributed by atoms with van der Waals surface area (Å²) in [7, 11) is 0. The fraction of sp³-hybridized carbons (Fsp3) is 0.529. The van der Waals surface area contributed by atoms with Crippen molar-refractivity contribution in [3.63, 3.8) is 0 Å². The van der Waals surface area contributed by atoms with Gasteiger partial charge in [0.25, 0.3) is 0 Å². The van der Waals surface area contributed by atoms with E-state index < -0.39 is 46.5 Å². The average Bonchev–Trinajstić information content (AvgIpc) is 3.75. The molecule has 0 aromatic heterocycles. The zero-order chi connectivity index (χ0) is 36.2. The van der Waals surface area contributed by atoms with E-state index in [1.807, 2.05) is 13.8 Å². The molecule has 2 aliphatic rings. The first kappa shape index (κ1) is 38.9. The van der Waals surface area contributed by atoms with Gasteiger partial charge in [-0.05, 0) is 58.5 Å². The Balaban J connectivity index is 1.54. The monoisotopic (exact) mass is 782 g/mol. The molecule has 0 bridgehead atoms. The van der Waals surface area contributed by atoms with Crippen LogP contribution in [0.2, 0.25) is 30.1 Å². The number of rotatable bonds is 10. The van der Waals surface area contributed by atoms with E-state index >= 15 is 0 Å². The maximum absolute atomic E-state index is 13.3. The zero-order valence-electron chi connectivity index (χ0n) is 27.6. The van der Waals surface area contributed by atoms with Crippen LogP contribution >= 0.6 is 69.6 Å². The summed E-state index contributed by atoms with van der Waals surface area (Å²) in [5, 5.41) is -1.52. The molecule has 6 atom stereocenters. The molecule has 2 aliphatic carbocycles. The van der Waals surface area contributed by atoms with Crippen LogP contribution in [-0.4, -0.2) is 37.1 Å². The zero-order valence-corrected chi connectivity index (χ0v) is 32.1. The van der Waals surface area contributed by atoms with Gasteiger partial charge in [-0.15, -0.1) is 0 Å². The minimum absolute atomic E-state index is 0.00942. The predicted octanol–water partition coefficient (Wildman–Crippen LogP) is 10.3. The Bertz CT molecular complexity index is 1540. The summed E-state index contributed by atoms with van der Waals surface area (Å²) in [5.74, 6) is -4.70. The SMILES string of the molecule is CC(COC(=O)c1c(Cl)c(Cl)cc(Cl)c1OC(=O)C(=O)Oc1c(Cl)cc(Cl)c(Cl)c1C(=O)OCC(C)C1(C)C(C)C1C)C1(C)C(C)C1C. The molecule has 2 aromatic rings. The van der Waals surface area contributed by atoms with E-state index in [1.165, 1.54) is 0 Å². The lowest BCUT2D eigenvalue weighted by atomic mass is 9.90. The largest absolute Gasteiger partial charge is 0.462 e. The lowest BCUT2D eigenvalue weighted by Crippen LogP contribution is -2.28. The van der Waals surface area contributed by atoms with Gasteiger partial charge >= 0.3 is 23.9 Å². The number of esters is 4. The van der Waals surface area contributed by atoms with Crippen molar-refractivity contribution in [2.24, 2.45) is 46.3 Å². The van der Waals surface area contributed by atoms with Crippen molar-refractivity contribution in [2.75, 3.05) is 13.2 Å². The van der Waals surface area contributed by atoms with Crippen molar-refractivity contribution >= 4 is 93.5 Å². The average molecular weight is 785 g/mol. The molecule has 0 aliphatic heterocycles. The van der Waals surface area contributed by atoms with Crippen LogP contribution in [0.1, 0.15) is 76.1 Å². The van der Waals surface area contributed by atoms with Crippen LogP contribution in [0.25, 0.3) is 0 Å². The van der Waals surface area contributed by atoms with Gasteiger partial charge in [0.1, 0.15) is 11.1 Å². The molecule has 2 saturated carbocycles. The van der Waals surface area contributed by atoms with Crippen molar-refractivity contribution in [3.05, 3.63) is 53.4 Å². The van der Waals surface area contributed by atoms with E-state index in [9.17, 15) is 19.2 Å². The Labute approximate surface area is 309 Å². The van der Waals surface area contributed by atoms with Crippen molar-refractivity contribution in [1.29, 1.82) is 0 Å². The van der Waals surface area contributed by atoms with E-state index in [4.69, 9.17) is 88.6 Å². The molecule has 0 amide bonds. The van der Waals surface area contributed by atoms with Crippen molar-refractivity contribution < 1.29 is 38.1 Å². The van der Waals surface area contributed by atoms with Crippen LogP contribution in [-0.2, 0) is 19.1 Å². The van der Waals surface area contributed by atoms with Crippen molar-refractivity contribution in [2.45, 2.75) is 55.4 Å². The van der Waals surface area contributed by atoms with E-state index in [0.29, 0.717) is 23.7 Å². The van der Waals surface area contributed by atoms with E-state index in [2.05, 4.69) is 41.5 Å². The highest BCUT2D eigenvalue weighted by Gasteiger charge is 2.59. The Morgan fingerprint density at radius 3 is 1.17 bits per heavy atom. The number of hydrogen-bond acceptors (Lipinski definition) is 8. The molecular weight excluding hydrogens is 749 g/mol. The van der Waals surface area contributed by atoms with E-state index in [1.54, 1.807) is 0 Å². The summed E-state index contributed by atoms with van der Waals surface area (Å²) in [6, 6.07) is 2.25. The molecule has 14 heteroatoms. The quantitative estimate of drug-likeness (QED) is 0.101. The van der Waals surface area contributed by atoms with E-state index in [-0.39, 0.29) is 66.0 Å². The normalized spacial score (nSPS) is 27.0. The van der Waals surface area contributed by atoms with Crippen LogP contribution in [0.5, 0.6) is 11.5 Å². The lowest BCUT2D eigenvalue weighted by molar-refractivity contribution is -0.156. The summed E-state index contributed by atoms with van der Waals surface area (Å²) in [5.41, 5.74) is -0.999. The molecule has 48 heavy (non-hydrogen) atoms. The maximum atomic E-state index is 13.3. The van der Waals surface area contributed by atoms with Crippen LogP contribution in [0.4, 0.5) is 0 Å². The summed E-state index contributed by atoms with van der Waals surface area (Å²) in [6.45, 7) is 16.7. The maximum Gasteiger partial charge on any atom is 0.423 e. The second-order valence-electron chi connectivity index (χ2n) is 13.4. The first-order chi connectivity index (χ1) is 22.2. The first-order valence-corrected chi connectivity index (χ1v) is 17.6. The molecule has 0 N–H and O–H groups in total. The Morgan fingerprint density at radius 2 is 0.896 bits per heavy atom. The number of carbonyl (C=O) groups is 4. The van der Waals surface area contributed by atoms with Crippen molar-refractivity contribution in [3.8, 4) is 11.5 Å². The Morgan fingerprint density at radius 1 is 0.604 bits per heavy atom. The smallest absolute Gasteiger partial charge is 0.423 e. The second kappa shape index (κ2) is 14.4. The van der Waals surface area contributed by atoms with Gasteiger partial charge in [0, 0.05) is 0 Å². The molecule has 6 unspecified atom stereocenters. The van der Waals surface area contributed by atoms with E-state index in [0.717, 1.165) is 12.1 Å². The van der Waals surface area contributed by atoms with Gasteiger partial charge in [0.05, 0.1) is 43.3 Å². The molecule has 0 spiro atoms. The van der Waals surface area contributed by atoms with Crippen LogP contribution < -0.4 is 9.47 Å². The number of carbonyl (C=O) groups excluding carboxylic acids is 4. The molecule has 0 radical (unpaired) electrons. The first-order valence-electron chi connectivity index (χ1n) is 15.3. The van der Waals surface area contributed by atoms with Gasteiger partial charge in [0.2, 0.25) is 0 Å². The highest BCUT2D eigenvalue weighted by molar-refractivity contribution is 6.47. The van der Waals surface area contributed by atoms with Gasteiger partial charge < -0.3 is 18.9 Å². The minimum Gasteiger partial charge on any atom is -0.462 e. The number of hydrogen-bond donors (Lipinski definition) is 0. The standard InChI is InChI=1S/C34H36Cl6O8/c1-13(33(7)15(3)16(33)4)11-45-29(41)23-25(39)19(35)9-21(37)27(23)47-31(43)32(44)48-28-22(38)10-20(36)26(40)24(28)30(42)46-12-14(2)34(8)17(5)18(34)6/h9-10,13-18H,11-12H2,1-8H3. The fourth-order valence-electron chi connectivity index (χ4n) is 6.72. The predicted molar refractivity (Wildman–Crippen MR) is 186 cm³/mol. The summed E-state index contributed by atoms with van der Waals surface area (Å²) in [6.07, 6.45) is 0. The van der Waals surface area contributed by atoms with Crippen LogP contribution in [0, 0.1) is 46.3 Å². The lowest BCUT2D eigenvalue weighted by Gasteiger charge is -2.21. The summed E-state index contributed by atoms with van der Waals surface area (Å²) < 4.78 is 21.5. The van der Waals surface area contributed by atoms with Gasteiger partial charge in [-0.1, -0.05) is 125 Å². The number of benzene rings is 2. The van der Waals surface area contributed by atoms with Crippen LogP contribution in [0.15, 0.2) is 12.1 Å². The van der Waals surface area contributed by atoms with Crippen molar-refractivity contribution in [1.82, 2.24) is 0 Å². The second-order valence-corrected chi connectivity index (χ2v) is 15.8. The van der Waals surface area contributed by atoms with Gasteiger partial charge in [-0.3, -0.25) is 0 Å². The third-order valence-electron chi connectivity index (χ3n) is 11.5. The molecule has 4 rings (SSSR count). The highest BCUT2D eigenvalue weighted by Crippen LogP contribution is 2.63. The minimum atomic E-state index is -1.65. The summed E-state index contributed by atoms with van der Waals surface area (Å²) in [4.78, 5) is 52.6. The number of halogens is 6. The molecule has 0 saturated heterocycles. The topological polar surface area (TPSA) is 105 Å². The summed E-state index contributed by atoms with van der Waals surface area (Å²) >= 11 is 37.6. The fourth-order valence-corrected chi connectivity index (χ4v) is 8.16. The molecule has 8 nitrogen and oxygen atoms in total. The molecular formula is C34H36Cl6O8. The number of ether oxygens (including phenoxy) is 4. The molecule has 2 aromatic carbocycles. The molecule has 0 heterocycles. The van der Waals surface area contributed by atoms with Crippen LogP contribution in [0.3, 0.4) is 0 Å². The third kappa shape index (κ3) is 7.00. The van der Waals surface area contributed by atoms with Gasteiger partial charge in [-0.25, -0.2) is 19.2 Å². The molecule has 262 valence electrons. The molecule has 2 fully saturated rings. The Hall–Kier alpha value is -1.94. The highest BCUT2D eigenvalue weighted by atomic mass is 35.5. The Kier molecular flexibility index (Phi) is 11.6. The van der Waals surface area contributed by atoms with Gasteiger partial charge in [-0.2, -0.15) is 0 Å². The third-order valence-corrected chi connectivity index (χ3v) is 13.6.